The topological polar surface area (TPSA) is 23.5 Å². The fraction of sp³-hybridized carbons (Fsp3) is 0.565. The lowest BCUT2D eigenvalue weighted by Gasteiger charge is -2.25. The summed E-state index contributed by atoms with van der Waals surface area (Å²) >= 11 is 1.62. The molecule has 1 N–H and O–H groups in total. The molecule has 144 valence electrons. The molecule has 3 heteroatoms. The lowest BCUT2D eigenvalue weighted by atomic mass is 9.91. The molecule has 0 saturated heterocycles. The van der Waals surface area contributed by atoms with Crippen molar-refractivity contribution in [3.05, 3.63) is 53.6 Å². The standard InChI is InChI=1S/C23H35NOS/c1-5-8-10-13-20(19(4)7-3)16-17-23(25)21-14-11-12-15-22(21)24(26-23)18-9-6-2/h8,10-15,19,25H,5-7,9,16-18H2,1-4H3. The number of nitrogens with zero attached hydrogens (tertiary/aromatic N) is 1. The van der Waals surface area contributed by atoms with Gasteiger partial charge >= 0.3 is 0 Å². The van der Waals surface area contributed by atoms with Gasteiger partial charge in [-0.3, -0.25) is 0 Å². The molecule has 2 rings (SSSR count). The monoisotopic (exact) mass is 373 g/mol. The predicted molar refractivity (Wildman–Crippen MR) is 116 cm³/mol. The summed E-state index contributed by atoms with van der Waals surface area (Å²) in [6, 6.07) is 8.36. The Balaban J connectivity index is 2.16. The smallest absolute Gasteiger partial charge is 0.157 e. The Kier molecular flexibility index (Phi) is 8.30. The summed E-state index contributed by atoms with van der Waals surface area (Å²) in [4.78, 5) is -0.814. The van der Waals surface area contributed by atoms with Crippen LogP contribution in [0.5, 0.6) is 0 Å². The van der Waals surface area contributed by atoms with Crippen molar-refractivity contribution in [2.24, 2.45) is 5.92 Å². The molecule has 2 nitrogen and oxygen atoms in total. The first kappa shape index (κ1) is 21.1. The Morgan fingerprint density at radius 1 is 1.27 bits per heavy atom. The van der Waals surface area contributed by atoms with Gasteiger partial charge in [0.05, 0.1) is 5.69 Å². The highest BCUT2D eigenvalue weighted by atomic mass is 32.2. The van der Waals surface area contributed by atoms with Crippen LogP contribution >= 0.6 is 11.9 Å². The number of hydrogen-bond donors (Lipinski definition) is 1. The first-order valence-electron chi connectivity index (χ1n) is 10.2. The van der Waals surface area contributed by atoms with Gasteiger partial charge in [0.15, 0.2) is 4.93 Å². The number of aliphatic hydroxyl groups is 1. The highest BCUT2D eigenvalue weighted by molar-refractivity contribution is 8.01. The molecule has 0 radical (unpaired) electrons. The van der Waals surface area contributed by atoms with Crippen LogP contribution in [0.2, 0.25) is 0 Å². The highest BCUT2D eigenvalue weighted by Gasteiger charge is 2.41. The third-order valence-corrected chi connectivity index (χ3v) is 6.58. The van der Waals surface area contributed by atoms with Gasteiger partial charge in [0.2, 0.25) is 0 Å². The maximum atomic E-state index is 11.5. The Morgan fingerprint density at radius 3 is 2.73 bits per heavy atom. The number of benzene rings is 1. The Hall–Kier alpha value is -1.19. The van der Waals surface area contributed by atoms with E-state index >= 15 is 0 Å². The zero-order valence-electron chi connectivity index (χ0n) is 16.9. The molecule has 1 aliphatic heterocycles. The van der Waals surface area contributed by atoms with Crippen molar-refractivity contribution in [2.75, 3.05) is 10.8 Å². The molecule has 26 heavy (non-hydrogen) atoms. The molecular formula is C23H35NOS. The molecule has 0 amide bonds. The quantitative estimate of drug-likeness (QED) is 0.359. The fourth-order valence-corrected chi connectivity index (χ4v) is 4.65. The van der Waals surface area contributed by atoms with Crippen molar-refractivity contribution < 1.29 is 5.11 Å². The fourth-order valence-electron chi connectivity index (χ4n) is 3.35. The van der Waals surface area contributed by atoms with Crippen LogP contribution in [0.1, 0.15) is 71.8 Å². The molecule has 0 saturated carbocycles. The summed E-state index contributed by atoms with van der Waals surface area (Å²) in [5, 5.41) is 11.5. The zero-order chi connectivity index (χ0) is 19.0. The lowest BCUT2D eigenvalue weighted by Crippen LogP contribution is -2.21. The van der Waals surface area contributed by atoms with Crippen LogP contribution in [-0.2, 0) is 4.93 Å². The van der Waals surface area contributed by atoms with E-state index in [1.54, 1.807) is 11.9 Å². The number of para-hydroxylation sites is 1. The van der Waals surface area contributed by atoms with Gasteiger partial charge < -0.3 is 9.41 Å². The van der Waals surface area contributed by atoms with Gasteiger partial charge in [-0.1, -0.05) is 76.1 Å². The third kappa shape index (κ3) is 5.17. The third-order valence-electron chi connectivity index (χ3n) is 5.25. The summed E-state index contributed by atoms with van der Waals surface area (Å²) in [6.07, 6.45) is 12.8. The Bertz CT molecular complexity index is 624. The van der Waals surface area contributed by atoms with E-state index in [0.717, 1.165) is 44.2 Å². The van der Waals surface area contributed by atoms with E-state index in [1.165, 1.54) is 17.7 Å². The molecule has 0 spiro atoms. The van der Waals surface area contributed by atoms with E-state index in [2.05, 4.69) is 68.4 Å². The average molecular weight is 374 g/mol. The van der Waals surface area contributed by atoms with Crippen molar-refractivity contribution in [3.8, 4) is 0 Å². The van der Waals surface area contributed by atoms with Gasteiger partial charge in [0.25, 0.3) is 0 Å². The summed E-state index contributed by atoms with van der Waals surface area (Å²) in [6.45, 7) is 9.90. The van der Waals surface area contributed by atoms with Crippen LogP contribution in [-0.4, -0.2) is 11.7 Å². The van der Waals surface area contributed by atoms with E-state index in [9.17, 15) is 5.11 Å². The maximum Gasteiger partial charge on any atom is 0.157 e. The van der Waals surface area contributed by atoms with Gasteiger partial charge in [0, 0.05) is 12.1 Å². The molecule has 1 aromatic carbocycles. The first-order chi connectivity index (χ1) is 12.6. The van der Waals surface area contributed by atoms with Crippen molar-refractivity contribution in [1.29, 1.82) is 0 Å². The second-order valence-electron chi connectivity index (χ2n) is 7.24. The molecule has 1 aliphatic rings. The van der Waals surface area contributed by atoms with Gasteiger partial charge in [-0.15, -0.1) is 0 Å². The summed E-state index contributed by atoms with van der Waals surface area (Å²) < 4.78 is 2.29. The second kappa shape index (κ2) is 10.2. The molecule has 1 heterocycles. The van der Waals surface area contributed by atoms with Crippen LogP contribution in [0.4, 0.5) is 5.69 Å². The summed E-state index contributed by atoms with van der Waals surface area (Å²) in [7, 11) is 0. The average Bonchev–Trinajstić information content (AvgIpc) is 2.95. The van der Waals surface area contributed by atoms with E-state index in [1.807, 2.05) is 6.07 Å². The summed E-state index contributed by atoms with van der Waals surface area (Å²) in [5.74, 6) is 0.554. The maximum absolute atomic E-state index is 11.5. The Labute approximate surface area is 164 Å². The number of rotatable bonds is 10. The molecule has 0 aliphatic carbocycles. The first-order valence-corrected chi connectivity index (χ1v) is 11.0. The van der Waals surface area contributed by atoms with Gasteiger partial charge in [-0.2, -0.15) is 0 Å². The number of unbranched alkanes of at least 4 members (excludes halogenated alkanes) is 1. The minimum Gasteiger partial charge on any atom is -0.373 e. The Morgan fingerprint density at radius 2 is 2.04 bits per heavy atom. The van der Waals surface area contributed by atoms with Gasteiger partial charge in [-0.25, -0.2) is 0 Å². The van der Waals surface area contributed by atoms with Crippen LogP contribution in [0.15, 0.2) is 48.1 Å². The van der Waals surface area contributed by atoms with Crippen molar-refractivity contribution in [3.63, 3.8) is 0 Å². The van der Waals surface area contributed by atoms with Crippen molar-refractivity contribution in [2.45, 2.75) is 71.2 Å². The lowest BCUT2D eigenvalue weighted by molar-refractivity contribution is 0.130. The minimum absolute atomic E-state index is 0.554. The minimum atomic E-state index is -0.814. The van der Waals surface area contributed by atoms with Crippen LogP contribution in [0, 0.1) is 5.92 Å². The van der Waals surface area contributed by atoms with E-state index < -0.39 is 4.93 Å². The van der Waals surface area contributed by atoms with Crippen LogP contribution < -0.4 is 4.31 Å². The molecule has 2 atom stereocenters. The molecule has 0 bridgehead atoms. The van der Waals surface area contributed by atoms with Crippen LogP contribution in [0.3, 0.4) is 0 Å². The molecule has 2 unspecified atom stereocenters. The SMILES string of the molecule is CCC=CC=C(CCC1(O)SN(CCCC)c2ccccc21)C(C)CC. The largest absolute Gasteiger partial charge is 0.373 e. The summed E-state index contributed by atoms with van der Waals surface area (Å²) in [5.41, 5.74) is 3.71. The predicted octanol–water partition coefficient (Wildman–Crippen LogP) is 6.82. The van der Waals surface area contributed by atoms with Crippen molar-refractivity contribution in [1.82, 2.24) is 0 Å². The number of allylic oxidation sites excluding steroid dienone is 4. The van der Waals surface area contributed by atoms with Gasteiger partial charge in [0.1, 0.15) is 0 Å². The van der Waals surface area contributed by atoms with E-state index in [-0.39, 0.29) is 0 Å². The highest BCUT2D eigenvalue weighted by Crippen LogP contribution is 2.53. The molecule has 0 aromatic heterocycles. The van der Waals surface area contributed by atoms with Crippen LogP contribution in [0.25, 0.3) is 0 Å². The molecule has 1 aromatic rings. The van der Waals surface area contributed by atoms with Gasteiger partial charge in [-0.05, 0) is 56.0 Å². The van der Waals surface area contributed by atoms with E-state index in [0.29, 0.717) is 5.92 Å². The number of fused-ring (bicyclic) bond motifs is 1. The molecule has 0 fully saturated rings. The number of anilines is 1. The van der Waals surface area contributed by atoms with Crippen molar-refractivity contribution >= 4 is 17.6 Å². The normalized spacial score (nSPS) is 21.4. The van der Waals surface area contributed by atoms with E-state index in [4.69, 9.17) is 0 Å². The number of hydrogen-bond acceptors (Lipinski definition) is 3. The zero-order valence-corrected chi connectivity index (χ0v) is 17.7. The second-order valence-corrected chi connectivity index (χ2v) is 8.53. The molecular weight excluding hydrogens is 338 g/mol.